The zero-order chi connectivity index (χ0) is 10.8. The first kappa shape index (κ1) is 13.3. The van der Waals surface area contributed by atoms with Crippen LogP contribution in [-0.4, -0.2) is 48.9 Å². The number of hydrogen-bond donors (Lipinski definition) is 2. The lowest BCUT2D eigenvalue weighted by atomic mass is 10.1. The first-order valence-electron chi connectivity index (χ1n) is 5.49. The van der Waals surface area contributed by atoms with E-state index in [0.29, 0.717) is 0 Å². The molecule has 6 heteroatoms. The lowest BCUT2D eigenvalue weighted by molar-refractivity contribution is -0.141. The molecule has 5 nitrogen and oxygen atoms in total. The van der Waals surface area contributed by atoms with E-state index in [1.807, 2.05) is 0 Å². The predicted octanol–water partition coefficient (Wildman–Crippen LogP) is -0.493. The molecule has 0 saturated carbocycles. The molecule has 0 aromatic heterocycles. The molecule has 2 rings (SSSR count). The van der Waals surface area contributed by atoms with Crippen LogP contribution in [0.4, 0.5) is 0 Å². The van der Waals surface area contributed by atoms with Crippen molar-refractivity contribution in [3.05, 3.63) is 0 Å². The van der Waals surface area contributed by atoms with Gasteiger partial charge in [0.15, 0.2) is 0 Å². The second-order valence-electron chi connectivity index (χ2n) is 4.10. The molecular weight excluding hydrogens is 230 g/mol. The molecule has 16 heavy (non-hydrogen) atoms. The number of halogens is 1. The van der Waals surface area contributed by atoms with Crippen LogP contribution >= 0.6 is 12.4 Å². The van der Waals surface area contributed by atoms with Gasteiger partial charge in [0.2, 0.25) is 11.8 Å². The third-order valence-corrected chi connectivity index (χ3v) is 3.21. The SMILES string of the molecule is CNC(=O)C1CCCN1C(=O)[C@H]1CCN1.Cl. The molecule has 0 spiro atoms. The minimum absolute atomic E-state index is 0. The molecule has 0 bridgehead atoms. The molecule has 92 valence electrons. The van der Waals surface area contributed by atoms with Gasteiger partial charge in [-0.05, 0) is 25.8 Å². The van der Waals surface area contributed by atoms with E-state index in [4.69, 9.17) is 0 Å². The van der Waals surface area contributed by atoms with Gasteiger partial charge in [0.1, 0.15) is 6.04 Å². The Kier molecular flexibility index (Phi) is 4.56. The number of rotatable bonds is 2. The van der Waals surface area contributed by atoms with E-state index >= 15 is 0 Å². The van der Waals surface area contributed by atoms with E-state index in [-0.39, 0.29) is 36.3 Å². The molecule has 1 unspecified atom stereocenters. The Labute approximate surface area is 101 Å². The summed E-state index contributed by atoms with van der Waals surface area (Å²) >= 11 is 0. The number of nitrogens with zero attached hydrogens (tertiary/aromatic N) is 1. The van der Waals surface area contributed by atoms with Crippen molar-refractivity contribution in [2.24, 2.45) is 0 Å². The third-order valence-electron chi connectivity index (χ3n) is 3.21. The fraction of sp³-hybridized carbons (Fsp3) is 0.800. The Bertz CT molecular complexity index is 281. The van der Waals surface area contributed by atoms with Crippen molar-refractivity contribution in [3.63, 3.8) is 0 Å². The number of likely N-dealkylation sites (tertiary alicyclic amines) is 1. The summed E-state index contributed by atoms with van der Waals surface area (Å²) < 4.78 is 0. The highest BCUT2D eigenvalue weighted by molar-refractivity contribution is 5.90. The van der Waals surface area contributed by atoms with E-state index in [1.54, 1.807) is 11.9 Å². The standard InChI is InChI=1S/C10H17N3O2.ClH/c1-11-9(14)8-3-2-6-13(8)10(15)7-4-5-12-7;/h7-8,12H,2-6H2,1H3,(H,11,14);1H/t7-,8?;/m1./s1. The molecule has 2 amide bonds. The first-order chi connectivity index (χ1) is 7.24. The summed E-state index contributed by atoms with van der Waals surface area (Å²) in [4.78, 5) is 25.2. The smallest absolute Gasteiger partial charge is 0.242 e. The molecule has 2 aliphatic rings. The molecule has 0 aromatic carbocycles. The maximum atomic E-state index is 11.9. The summed E-state index contributed by atoms with van der Waals surface area (Å²) in [5, 5.41) is 5.69. The average Bonchev–Trinajstić information content (AvgIpc) is 2.62. The summed E-state index contributed by atoms with van der Waals surface area (Å²) in [7, 11) is 1.62. The van der Waals surface area contributed by atoms with E-state index in [2.05, 4.69) is 10.6 Å². The van der Waals surface area contributed by atoms with E-state index < -0.39 is 0 Å². The molecule has 2 heterocycles. The highest BCUT2D eigenvalue weighted by atomic mass is 35.5. The molecule has 2 aliphatic heterocycles. The van der Waals surface area contributed by atoms with Crippen LogP contribution < -0.4 is 10.6 Å². The molecule has 0 aliphatic carbocycles. The molecule has 2 atom stereocenters. The van der Waals surface area contributed by atoms with Gasteiger partial charge in [0.25, 0.3) is 0 Å². The summed E-state index contributed by atoms with van der Waals surface area (Å²) in [6, 6.07) is -0.292. The topological polar surface area (TPSA) is 61.4 Å². The van der Waals surface area contributed by atoms with Crippen molar-refractivity contribution in [3.8, 4) is 0 Å². The van der Waals surface area contributed by atoms with Gasteiger partial charge in [-0.3, -0.25) is 9.59 Å². The second-order valence-corrected chi connectivity index (χ2v) is 4.10. The quantitative estimate of drug-likeness (QED) is 0.692. The Hall–Kier alpha value is -0.810. The number of hydrogen-bond acceptors (Lipinski definition) is 3. The van der Waals surface area contributed by atoms with Crippen molar-refractivity contribution in [1.29, 1.82) is 0 Å². The number of nitrogens with one attached hydrogen (secondary N) is 2. The highest BCUT2D eigenvalue weighted by Crippen LogP contribution is 2.20. The molecule has 2 N–H and O–H groups in total. The zero-order valence-electron chi connectivity index (χ0n) is 9.36. The monoisotopic (exact) mass is 247 g/mol. The van der Waals surface area contributed by atoms with Crippen molar-refractivity contribution in [1.82, 2.24) is 15.5 Å². The third kappa shape index (κ3) is 2.30. The Morgan fingerprint density at radius 1 is 1.38 bits per heavy atom. The van der Waals surface area contributed by atoms with E-state index in [9.17, 15) is 9.59 Å². The Morgan fingerprint density at radius 3 is 2.56 bits per heavy atom. The summed E-state index contributed by atoms with van der Waals surface area (Å²) in [5.41, 5.74) is 0. The molecular formula is C10H18ClN3O2. The van der Waals surface area contributed by atoms with Gasteiger partial charge in [-0.15, -0.1) is 12.4 Å². The van der Waals surface area contributed by atoms with E-state index in [1.165, 1.54) is 0 Å². The van der Waals surface area contributed by atoms with Gasteiger partial charge in [0.05, 0.1) is 6.04 Å². The van der Waals surface area contributed by atoms with Crippen molar-refractivity contribution < 1.29 is 9.59 Å². The lowest BCUT2D eigenvalue weighted by Crippen LogP contribution is -2.57. The summed E-state index contributed by atoms with van der Waals surface area (Å²) in [6.07, 6.45) is 2.62. The van der Waals surface area contributed by atoms with Crippen LogP contribution in [-0.2, 0) is 9.59 Å². The normalized spacial score (nSPS) is 27.9. The van der Waals surface area contributed by atoms with Gasteiger partial charge < -0.3 is 15.5 Å². The van der Waals surface area contributed by atoms with Crippen molar-refractivity contribution in [2.45, 2.75) is 31.3 Å². The van der Waals surface area contributed by atoms with Gasteiger partial charge in [-0.1, -0.05) is 0 Å². The first-order valence-corrected chi connectivity index (χ1v) is 5.49. The molecule has 2 saturated heterocycles. The second kappa shape index (κ2) is 5.50. The number of amides is 2. The van der Waals surface area contributed by atoms with E-state index in [0.717, 1.165) is 32.4 Å². The lowest BCUT2D eigenvalue weighted by Gasteiger charge is -2.33. The number of carbonyl (C=O) groups is 2. The fourth-order valence-electron chi connectivity index (χ4n) is 2.17. The van der Waals surface area contributed by atoms with Crippen LogP contribution in [0.15, 0.2) is 0 Å². The molecule has 0 radical (unpaired) electrons. The minimum atomic E-state index is -0.245. The van der Waals surface area contributed by atoms with Crippen LogP contribution in [0.3, 0.4) is 0 Å². The maximum absolute atomic E-state index is 11.9. The highest BCUT2D eigenvalue weighted by Gasteiger charge is 2.38. The number of carbonyl (C=O) groups excluding carboxylic acids is 2. The Balaban J connectivity index is 0.00000128. The van der Waals surface area contributed by atoms with Crippen LogP contribution in [0.2, 0.25) is 0 Å². The molecule has 2 fully saturated rings. The van der Waals surface area contributed by atoms with Gasteiger partial charge in [0, 0.05) is 13.6 Å². The van der Waals surface area contributed by atoms with Gasteiger partial charge >= 0.3 is 0 Å². The van der Waals surface area contributed by atoms with Crippen LogP contribution in [0.25, 0.3) is 0 Å². The Morgan fingerprint density at radius 2 is 2.06 bits per heavy atom. The largest absolute Gasteiger partial charge is 0.357 e. The van der Waals surface area contributed by atoms with Crippen LogP contribution in [0.5, 0.6) is 0 Å². The zero-order valence-corrected chi connectivity index (χ0v) is 10.2. The fourth-order valence-corrected chi connectivity index (χ4v) is 2.17. The number of likely N-dealkylation sites (N-methyl/N-ethyl adjacent to an activating group) is 1. The van der Waals surface area contributed by atoms with Crippen LogP contribution in [0.1, 0.15) is 19.3 Å². The predicted molar refractivity (Wildman–Crippen MR) is 62.5 cm³/mol. The van der Waals surface area contributed by atoms with Crippen LogP contribution in [0, 0.1) is 0 Å². The minimum Gasteiger partial charge on any atom is -0.357 e. The maximum Gasteiger partial charge on any atom is 0.242 e. The summed E-state index contributed by atoms with van der Waals surface area (Å²) in [6.45, 7) is 1.63. The van der Waals surface area contributed by atoms with Crippen molar-refractivity contribution >= 4 is 24.2 Å². The van der Waals surface area contributed by atoms with Gasteiger partial charge in [-0.2, -0.15) is 0 Å². The molecule has 0 aromatic rings. The van der Waals surface area contributed by atoms with Crippen molar-refractivity contribution in [2.75, 3.05) is 20.1 Å². The van der Waals surface area contributed by atoms with Gasteiger partial charge in [-0.25, -0.2) is 0 Å². The average molecular weight is 248 g/mol. The summed E-state index contributed by atoms with van der Waals surface area (Å²) in [5.74, 6) is 0.0486.